The summed E-state index contributed by atoms with van der Waals surface area (Å²) in [5, 5.41) is 8.34. The summed E-state index contributed by atoms with van der Waals surface area (Å²) in [5.41, 5.74) is 2.23. The Morgan fingerprint density at radius 1 is 1.17 bits per heavy atom. The molecule has 3 rings (SSSR count). The van der Waals surface area contributed by atoms with Crippen LogP contribution in [0.5, 0.6) is 0 Å². The van der Waals surface area contributed by atoms with Gasteiger partial charge in [0.15, 0.2) is 0 Å². The van der Waals surface area contributed by atoms with Crippen LogP contribution in [0.15, 0.2) is 30.3 Å². The van der Waals surface area contributed by atoms with Crippen LogP contribution in [0.1, 0.15) is 68.9 Å². The molecule has 0 saturated heterocycles. The van der Waals surface area contributed by atoms with Gasteiger partial charge in [-0.1, -0.05) is 63.3 Å². The van der Waals surface area contributed by atoms with Crippen molar-refractivity contribution in [3.63, 3.8) is 0 Å². The molecule has 1 aliphatic rings. The van der Waals surface area contributed by atoms with Crippen LogP contribution in [-0.2, 0) is 4.79 Å². The molecule has 2 amide bonds. The fourth-order valence-electron chi connectivity index (χ4n) is 3.78. The fraction of sp³-hybridized carbons (Fsp3) is 0.522. The summed E-state index contributed by atoms with van der Waals surface area (Å²) in [7, 11) is 0. The molecule has 30 heavy (non-hydrogen) atoms. The van der Waals surface area contributed by atoms with Gasteiger partial charge >= 0.3 is 0 Å². The molecule has 0 fully saturated rings. The number of carbonyl (C=O) groups excluding carboxylic acids is 2. The van der Waals surface area contributed by atoms with Crippen LogP contribution in [-0.4, -0.2) is 46.1 Å². The van der Waals surface area contributed by atoms with E-state index in [0.29, 0.717) is 23.8 Å². The highest BCUT2D eigenvalue weighted by Gasteiger charge is 2.33. The van der Waals surface area contributed by atoms with E-state index in [-0.39, 0.29) is 24.4 Å². The number of hydrogen-bond donors (Lipinski definition) is 1. The number of aromatic nitrogens is 2. The highest BCUT2D eigenvalue weighted by atomic mass is 35.5. The Morgan fingerprint density at radius 2 is 1.90 bits per heavy atom. The van der Waals surface area contributed by atoms with Gasteiger partial charge in [-0.3, -0.25) is 14.3 Å². The van der Waals surface area contributed by atoms with Gasteiger partial charge in [0, 0.05) is 23.7 Å². The topological polar surface area (TPSA) is 67.2 Å². The fourth-order valence-corrected chi connectivity index (χ4v) is 3.91. The summed E-state index contributed by atoms with van der Waals surface area (Å²) in [4.78, 5) is 27.1. The van der Waals surface area contributed by atoms with Crippen molar-refractivity contribution < 1.29 is 9.59 Å². The minimum atomic E-state index is -0.139. The minimum absolute atomic E-state index is 0.0775. The Kier molecular flexibility index (Phi) is 7.91. The van der Waals surface area contributed by atoms with Crippen molar-refractivity contribution in [3.05, 3.63) is 41.0 Å². The zero-order valence-corrected chi connectivity index (χ0v) is 18.6. The van der Waals surface area contributed by atoms with E-state index < -0.39 is 0 Å². The number of rotatable bonds is 10. The van der Waals surface area contributed by atoms with Crippen LogP contribution >= 0.6 is 11.6 Å². The average molecular weight is 431 g/mol. The van der Waals surface area contributed by atoms with Gasteiger partial charge in [-0.05, 0) is 31.0 Å². The molecule has 6 nitrogen and oxygen atoms in total. The van der Waals surface area contributed by atoms with E-state index in [0.717, 1.165) is 49.8 Å². The monoisotopic (exact) mass is 430 g/mol. The first-order valence-corrected chi connectivity index (χ1v) is 11.3. The predicted molar refractivity (Wildman–Crippen MR) is 120 cm³/mol. The summed E-state index contributed by atoms with van der Waals surface area (Å²) in [6.07, 6.45) is 6.25. The number of carbonyl (C=O) groups is 2. The SMILES string of the molecule is CCCCCC1CN(CC(=O)NCCCC)C(=O)c2cc(-c3ccc(Cl)cc3)nn21. The number of unbranched alkanes of at least 4 members (excludes halogenated alkanes) is 3. The van der Waals surface area contributed by atoms with E-state index in [2.05, 4.69) is 19.2 Å². The first kappa shape index (κ1) is 22.3. The Hall–Kier alpha value is -2.34. The summed E-state index contributed by atoms with van der Waals surface area (Å²) < 4.78 is 1.87. The van der Waals surface area contributed by atoms with Crippen molar-refractivity contribution in [2.24, 2.45) is 0 Å². The van der Waals surface area contributed by atoms with Crippen molar-refractivity contribution >= 4 is 23.4 Å². The number of benzene rings is 1. The van der Waals surface area contributed by atoms with Gasteiger partial charge in [0.2, 0.25) is 5.91 Å². The van der Waals surface area contributed by atoms with Gasteiger partial charge in [-0.2, -0.15) is 5.10 Å². The molecule has 1 atom stereocenters. The number of halogens is 1. The van der Waals surface area contributed by atoms with Gasteiger partial charge in [-0.15, -0.1) is 0 Å². The second-order valence-corrected chi connectivity index (χ2v) is 8.34. The third kappa shape index (κ3) is 5.42. The third-order valence-corrected chi connectivity index (χ3v) is 5.74. The predicted octanol–water partition coefficient (Wildman–Crippen LogP) is 4.70. The zero-order chi connectivity index (χ0) is 21.5. The van der Waals surface area contributed by atoms with Crippen molar-refractivity contribution in [1.29, 1.82) is 0 Å². The van der Waals surface area contributed by atoms with Gasteiger partial charge < -0.3 is 10.2 Å². The molecule has 0 bridgehead atoms. The largest absolute Gasteiger partial charge is 0.355 e. The second-order valence-electron chi connectivity index (χ2n) is 7.91. The van der Waals surface area contributed by atoms with Gasteiger partial charge in [-0.25, -0.2) is 0 Å². The molecule has 1 aromatic heterocycles. The number of nitrogens with one attached hydrogen (secondary N) is 1. The summed E-state index contributed by atoms with van der Waals surface area (Å²) in [5.74, 6) is -0.241. The summed E-state index contributed by atoms with van der Waals surface area (Å²) >= 11 is 6.01. The molecule has 7 heteroatoms. The van der Waals surface area contributed by atoms with E-state index in [9.17, 15) is 9.59 Å². The molecule has 0 saturated carbocycles. The van der Waals surface area contributed by atoms with Gasteiger partial charge in [0.05, 0.1) is 18.3 Å². The molecule has 0 spiro atoms. The molecular formula is C23H31ClN4O2. The lowest BCUT2D eigenvalue weighted by Crippen LogP contribution is -2.47. The Balaban J connectivity index is 1.82. The molecule has 2 aromatic rings. The van der Waals surface area contributed by atoms with Crippen molar-refractivity contribution in [3.8, 4) is 11.3 Å². The lowest BCUT2D eigenvalue weighted by atomic mass is 10.0. The quantitative estimate of drug-likeness (QED) is 0.555. The van der Waals surface area contributed by atoms with Crippen LogP contribution in [0.25, 0.3) is 11.3 Å². The smallest absolute Gasteiger partial charge is 0.272 e. The maximum absolute atomic E-state index is 13.1. The average Bonchev–Trinajstić information content (AvgIpc) is 3.18. The van der Waals surface area contributed by atoms with Crippen LogP contribution < -0.4 is 5.32 Å². The van der Waals surface area contributed by atoms with Crippen LogP contribution in [0, 0.1) is 0 Å². The second kappa shape index (κ2) is 10.6. The third-order valence-electron chi connectivity index (χ3n) is 5.49. The van der Waals surface area contributed by atoms with Crippen molar-refractivity contribution in [2.75, 3.05) is 19.6 Å². The summed E-state index contributed by atoms with van der Waals surface area (Å²) in [6.45, 7) is 5.51. The van der Waals surface area contributed by atoms with E-state index in [4.69, 9.17) is 16.7 Å². The van der Waals surface area contributed by atoms with E-state index in [1.165, 1.54) is 0 Å². The maximum Gasteiger partial charge on any atom is 0.272 e. The number of amides is 2. The highest BCUT2D eigenvalue weighted by molar-refractivity contribution is 6.30. The maximum atomic E-state index is 13.1. The van der Waals surface area contributed by atoms with Crippen molar-refractivity contribution in [1.82, 2.24) is 20.0 Å². The van der Waals surface area contributed by atoms with Crippen LogP contribution in [0.2, 0.25) is 5.02 Å². The van der Waals surface area contributed by atoms with Crippen LogP contribution in [0.4, 0.5) is 0 Å². The lowest BCUT2D eigenvalue weighted by molar-refractivity contribution is -0.122. The molecule has 1 N–H and O–H groups in total. The number of hydrogen-bond acceptors (Lipinski definition) is 3. The highest BCUT2D eigenvalue weighted by Crippen LogP contribution is 2.29. The van der Waals surface area contributed by atoms with E-state index in [1.807, 2.05) is 35.0 Å². The molecule has 0 aliphatic carbocycles. The summed E-state index contributed by atoms with van der Waals surface area (Å²) in [6, 6.07) is 9.37. The van der Waals surface area contributed by atoms with Crippen LogP contribution in [0.3, 0.4) is 0 Å². The van der Waals surface area contributed by atoms with E-state index in [1.54, 1.807) is 4.90 Å². The normalized spacial score (nSPS) is 15.9. The molecule has 162 valence electrons. The molecule has 1 aliphatic heterocycles. The lowest BCUT2D eigenvalue weighted by Gasteiger charge is -2.33. The number of fused-ring (bicyclic) bond motifs is 1. The minimum Gasteiger partial charge on any atom is -0.355 e. The Labute approximate surface area is 183 Å². The Morgan fingerprint density at radius 3 is 2.60 bits per heavy atom. The standard InChI is InChI=1S/C23H31ClN4O2/c1-3-5-7-8-19-15-27(16-22(29)25-13-6-4-2)23(30)21-14-20(26-28(19)21)17-9-11-18(24)12-10-17/h9-12,14,19H,3-8,13,15-16H2,1-2H3,(H,25,29). The molecule has 2 heterocycles. The molecule has 0 radical (unpaired) electrons. The molecule has 1 unspecified atom stereocenters. The molecular weight excluding hydrogens is 400 g/mol. The van der Waals surface area contributed by atoms with Gasteiger partial charge in [0.1, 0.15) is 5.69 Å². The van der Waals surface area contributed by atoms with Crippen molar-refractivity contribution in [2.45, 2.75) is 58.4 Å². The first-order valence-electron chi connectivity index (χ1n) is 10.9. The zero-order valence-electron chi connectivity index (χ0n) is 17.9. The number of nitrogens with zero attached hydrogens (tertiary/aromatic N) is 3. The van der Waals surface area contributed by atoms with E-state index >= 15 is 0 Å². The molecule has 1 aromatic carbocycles. The Bertz CT molecular complexity index is 863. The van der Waals surface area contributed by atoms with Gasteiger partial charge in [0.25, 0.3) is 5.91 Å². The first-order chi connectivity index (χ1) is 14.5.